The predicted molar refractivity (Wildman–Crippen MR) is 153 cm³/mol. The van der Waals surface area contributed by atoms with Crippen LogP contribution in [0.4, 0.5) is 4.39 Å². The van der Waals surface area contributed by atoms with Gasteiger partial charge in [-0.25, -0.2) is 4.39 Å². The Balaban J connectivity index is 1.87. The zero-order valence-corrected chi connectivity index (χ0v) is 23.4. The first kappa shape index (κ1) is 29.5. The van der Waals surface area contributed by atoms with Crippen molar-refractivity contribution in [1.82, 2.24) is 10.2 Å². The predicted octanol–water partition coefficient (Wildman–Crippen LogP) is 6.28. The van der Waals surface area contributed by atoms with E-state index in [0.29, 0.717) is 29.3 Å². The molecular weight excluding hydrogens is 523 g/mol. The van der Waals surface area contributed by atoms with Crippen LogP contribution in [0.3, 0.4) is 0 Å². The number of carbonyl (C=O) groups is 2. The summed E-state index contributed by atoms with van der Waals surface area (Å²) in [7, 11) is 1.59. The molecular formula is C30H34ClFN2O3S. The first-order valence-corrected chi connectivity index (χ1v) is 14.2. The summed E-state index contributed by atoms with van der Waals surface area (Å²) in [4.78, 5) is 28.8. The van der Waals surface area contributed by atoms with Crippen molar-refractivity contribution >= 4 is 35.2 Å². The number of methoxy groups -OCH3 is 1. The van der Waals surface area contributed by atoms with E-state index < -0.39 is 11.9 Å². The minimum Gasteiger partial charge on any atom is -0.497 e. The Kier molecular flexibility index (Phi) is 12.0. The minimum atomic E-state index is -0.717. The molecule has 3 aromatic rings. The van der Waals surface area contributed by atoms with E-state index in [4.69, 9.17) is 16.3 Å². The Hall–Kier alpha value is -3.03. The lowest BCUT2D eigenvalue weighted by Crippen LogP contribution is -2.51. The molecule has 38 heavy (non-hydrogen) atoms. The third kappa shape index (κ3) is 8.77. The molecule has 0 saturated carbocycles. The summed E-state index contributed by atoms with van der Waals surface area (Å²) in [5.74, 6) is 0.185. The molecule has 0 radical (unpaired) electrons. The van der Waals surface area contributed by atoms with E-state index in [1.165, 1.54) is 17.8 Å². The van der Waals surface area contributed by atoms with Gasteiger partial charge in [0, 0.05) is 35.8 Å². The van der Waals surface area contributed by atoms with Crippen LogP contribution in [0.5, 0.6) is 5.75 Å². The molecule has 0 aliphatic carbocycles. The van der Waals surface area contributed by atoms with Crippen molar-refractivity contribution in [2.75, 3.05) is 19.4 Å². The van der Waals surface area contributed by atoms with Gasteiger partial charge >= 0.3 is 0 Å². The molecule has 3 rings (SSSR count). The number of unbranched alkanes of at least 4 members (excludes halogenated alkanes) is 1. The van der Waals surface area contributed by atoms with Gasteiger partial charge in [0.25, 0.3) is 0 Å². The van der Waals surface area contributed by atoms with E-state index in [0.717, 1.165) is 24.0 Å². The van der Waals surface area contributed by atoms with Gasteiger partial charge in [0.1, 0.15) is 17.6 Å². The summed E-state index contributed by atoms with van der Waals surface area (Å²) in [6, 6.07) is 21.0. The summed E-state index contributed by atoms with van der Waals surface area (Å²) >= 11 is 7.45. The maximum Gasteiger partial charge on any atom is 0.243 e. The van der Waals surface area contributed by atoms with Crippen molar-refractivity contribution in [3.8, 4) is 5.75 Å². The van der Waals surface area contributed by atoms with E-state index in [-0.39, 0.29) is 29.9 Å². The minimum absolute atomic E-state index is 0.0716. The number of carbonyl (C=O) groups excluding carboxylic acids is 2. The van der Waals surface area contributed by atoms with Crippen LogP contribution >= 0.6 is 23.4 Å². The number of nitrogens with zero attached hydrogens (tertiary/aromatic N) is 1. The molecule has 0 spiro atoms. The van der Waals surface area contributed by atoms with E-state index >= 15 is 0 Å². The lowest BCUT2D eigenvalue weighted by molar-refractivity contribution is -0.139. The number of rotatable bonds is 14. The van der Waals surface area contributed by atoms with Crippen molar-refractivity contribution < 1.29 is 18.7 Å². The fourth-order valence-corrected chi connectivity index (χ4v) is 5.27. The summed E-state index contributed by atoms with van der Waals surface area (Å²) < 4.78 is 19.6. The van der Waals surface area contributed by atoms with Crippen LogP contribution in [0, 0.1) is 5.82 Å². The molecule has 1 N–H and O–H groups in total. The Bertz CT molecular complexity index is 1170. The molecule has 1 atom stereocenters. The molecule has 0 unspecified atom stereocenters. The highest BCUT2D eigenvalue weighted by atomic mass is 35.5. The van der Waals surface area contributed by atoms with Gasteiger partial charge in [-0.2, -0.15) is 0 Å². The van der Waals surface area contributed by atoms with E-state index in [1.54, 1.807) is 24.1 Å². The molecule has 2 amide bonds. The van der Waals surface area contributed by atoms with Crippen LogP contribution in [0.15, 0.2) is 72.8 Å². The second kappa shape index (κ2) is 15.4. The van der Waals surface area contributed by atoms with Gasteiger partial charge in [-0.15, -0.1) is 11.8 Å². The van der Waals surface area contributed by atoms with Crippen molar-refractivity contribution in [3.63, 3.8) is 0 Å². The topological polar surface area (TPSA) is 58.6 Å². The molecule has 0 bridgehead atoms. The summed E-state index contributed by atoms with van der Waals surface area (Å²) in [5, 5.41) is 3.34. The highest BCUT2D eigenvalue weighted by molar-refractivity contribution is 7.99. The third-order valence-electron chi connectivity index (χ3n) is 6.12. The van der Waals surface area contributed by atoms with Crippen LogP contribution in [-0.4, -0.2) is 42.2 Å². The average Bonchev–Trinajstić information content (AvgIpc) is 2.93. The quantitative estimate of drug-likeness (QED) is 0.237. The lowest BCUT2D eigenvalue weighted by atomic mass is 10.0. The Morgan fingerprint density at radius 3 is 2.50 bits per heavy atom. The second-order valence-electron chi connectivity index (χ2n) is 8.92. The normalized spacial score (nSPS) is 11.6. The molecule has 0 fully saturated rings. The first-order chi connectivity index (χ1) is 18.4. The van der Waals surface area contributed by atoms with Gasteiger partial charge in [0.2, 0.25) is 11.8 Å². The van der Waals surface area contributed by atoms with E-state index in [1.807, 2.05) is 54.6 Å². The van der Waals surface area contributed by atoms with Crippen molar-refractivity contribution in [1.29, 1.82) is 0 Å². The third-order valence-corrected chi connectivity index (χ3v) is 7.42. The standard InChI is InChI=1S/C30H34ClFN2O3S/c1-3-4-16-33-30(36)28(18-22-10-6-5-7-11-22)34(19-23-12-8-13-24(17-23)37-2)29(35)21-38-20-25-26(31)14-9-15-27(25)32/h5-15,17,28H,3-4,16,18-21H2,1-2H3,(H,33,36)/t28-/m1/s1. The number of hydrogen-bond donors (Lipinski definition) is 1. The largest absolute Gasteiger partial charge is 0.497 e. The summed E-state index contributed by atoms with van der Waals surface area (Å²) in [5.41, 5.74) is 2.17. The number of amides is 2. The molecule has 0 aromatic heterocycles. The molecule has 0 saturated heterocycles. The fraction of sp³-hybridized carbons (Fsp3) is 0.333. The summed E-state index contributed by atoms with van der Waals surface area (Å²) in [6.45, 7) is 2.84. The van der Waals surface area contributed by atoms with Gasteiger partial charge in [0.05, 0.1) is 12.9 Å². The first-order valence-electron chi connectivity index (χ1n) is 12.7. The van der Waals surface area contributed by atoms with Crippen LogP contribution in [-0.2, 0) is 28.3 Å². The molecule has 0 aliphatic heterocycles. The molecule has 0 heterocycles. The molecule has 0 aliphatic rings. The van der Waals surface area contributed by atoms with Crippen LogP contribution in [0.25, 0.3) is 0 Å². The monoisotopic (exact) mass is 556 g/mol. The number of benzene rings is 3. The van der Waals surface area contributed by atoms with Crippen molar-refractivity contribution in [3.05, 3.63) is 100 Å². The average molecular weight is 557 g/mol. The number of ether oxygens (including phenoxy) is 1. The van der Waals surface area contributed by atoms with Crippen molar-refractivity contribution in [2.24, 2.45) is 0 Å². The van der Waals surface area contributed by atoms with Crippen molar-refractivity contribution in [2.45, 2.75) is 44.5 Å². The lowest BCUT2D eigenvalue weighted by Gasteiger charge is -2.31. The highest BCUT2D eigenvalue weighted by Crippen LogP contribution is 2.25. The molecule has 202 valence electrons. The zero-order valence-electron chi connectivity index (χ0n) is 21.8. The number of nitrogens with one attached hydrogen (secondary N) is 1. The van der Waals surface area contributed by atoms with Gasteiger partial charge in [0.15, 0.2) is 0 Å². The SMILES string of the molecule is CCCCNC(=O)[C@@H](Cc1ccccc1)N(Cc1cccc(OC)c1)C(=O)CSCc1c(F)cccc1Cl. The Morgan fingerprint density at radius 2 is 1.79 bits per heavy atom. The van der Waals surface area contributed by atoms with E-state index in [9.17, 15) is 14.0 Å². The fourth-order valence-electron chi connectivity index (χ4n) is 4.02. The van der Waals surface area contributed by atoms with Crippen LogP contribution in [0.1, 0.15) is 36.5 Å². The Morgan fingerprint density at radius 1 is 1.05 bits per heavy atom. The van der Waals surface area contributed by atoms with Crippen LogP contribution in [0.2, 0.25) is 5.02 Å². The zero-order chi connectivity index (χ0) is 27.3. The Labute approximate surface area is 233 Å². The molecule has 8 heteroatoms. The number of thioether (sulfide) groups is 1. The highest BCUT2D eigenvalue weighted by Gasteiger charge is 2.30. The maximum absolute atomic E-state index is 14.3. The van der Waals surface area contributed by atoms with E-state index in [2.05, 4.69) is 12.2 Å². The number of halogens is 2. The van der Waals surface area contributed by atoms with Crippen LogP contribution < -0.4 is 10.1 Å². The van der Waals surface area contributed by atoms with Gasteiger partial charge < -0.3 is 15.0 Å². The number of hydrogen-bond acceptors (Lipinski definition) is 4. The van der Waals surface area contributed by atoms with Gasteiger partial charge in [-0.05, 0) is 41.8 Å². The van der Waals surface area contributed by atoms with Gasteiger partial charge in [-0.1, -0.05) is 73.5 Å². The maximum atomic E-state index is 14.3. The molecule has 5 nitrogen and oxygen atoms in total. The molecule has 3 aromatic carbocycles. The summed E-state index contributed by atoms with van der Waals surface area (Å²) in [6.07, 6.45) is 2.18. The van der Waals surface area contributed by atoms with Gasteiger partial charge in [-0.3, -0.25) is 9.59 Å². The second-order valence-corrected chi connectivity index (χ2v) is 10.3. The smallest absolute Gasteiger partial charge is 0.243 e.